The van der Waals surface area contributed by atoms with E-state index in [0.29, 0.717) is 28.4 Å². The van der Waals surface area contributed by atoms with E-state index in [2.05, 4.69) is 15.5 Å². The highest BCUT2D eigenvalue weighted by Gasteiger charge is 2.19. The molecule has 3 rings (SSSR count). The summed E-state index contributed by atoms with van der Waals surface area (Å²) in [5, 5.41) is 10.2. The van der Waals surface area contributed by atoms with E-state index >= 15 is 0 Å². The molecule has 1 aromatic heterocycles. The minimum atomic E-state index is -0.297. The van der Waals surface area contributed by atoms with Gasteiger partial charge in [-0.1, -0.05) is 0 Å². The van der Waals surface area contributed by atoms with Crippen LogP contribution in [-0.2, 0) is 0 Å². The van der Waals surface area contributed by atoms with Gasteiger partial charge in [0.2, 0.25) is 0 Å². The third-order valence-electron chi connectivity index (χ3n) is 4.20. The number of nitrogens with zero attached hydrogens (tertiary/aromatic N) is 1. The van der Waals surface area contributed by atoms with Crippen LogP contribution in [0.25, 0.3) is 11.3 Å². The van der Waals surface area contributed by atoms with Crippen LogP contribution < -0.4 is 19.5 Å². The predicted octanol–water partition coefficient (Wildman–Crippen LogP) is 3.66. The summed E-state index contributed by atoms with van der Waals surface area (Å²) in [7, 11) is 4.68. The van der Waals surface area contributed by atoms with Gasteiger partial charge in [-0.05, 0) is 43.3 Å². The van der Waals surface area contributed by atoms with E-state index in [0.717, 1.165) is 17.0 Å². The number of hydrogen-bond donors (Lipinski definition) is 2. The zero-order valence-electron chi connectivity index (χ0n) is 15.6. The van der Waals surface area contributed by atoms with Crippen molar-refractivity contribution < 1.29 is 19.0 Å². The van der Waals surface area contributed by atoms with Crippen molar-refractivity contribution in [2.75, 3.05) is 26.6 Å². The predicted molar refractivity (Wildman–Crippen MR) is 103 cm³/mol. The molecule has 0 aliphatic rings. The molecule has 0 saturated heterocycles. The lowest BCUT2D eigenvalue weighted by Gasteiger charge is -2.11. The summed E-state index contributed by atoms with van der Waals surface area (Å²) in [5.41, 5.74) is 3.28. The minimum absolute atomic E-state index is 0.297. The van der Waals surface area contributed by atoms with Crippen molar-refractivity contribution in [3.05, 3.63) is 53.7 Å². The van der Waals surface area contributed by atoms with Crippen LogP contribution in [0.3, 0.4) is 0 Å². The van der Waals surface area contributed by atoms with Crippen LogP contribution in [0, 0.1) is 6.92 Å². The number of H-pyrrole nitrogens is 1. The van der Waals surface area contributed by atoms with Gasteiger partial charge in [-0.3, -0.25) is 9.89 Å². The van der Waals surface area contributed by atoms with Gasteiger partial charge in [-0.15, -0.1) is 0 Å². The quantitative estimate of drug-likeness (QED) is 0.694. The molecule has 2 aromatic carbocycles. The highest BCUT2D eigenvalue weighted by molar-refractivity contribution is 6.08. The lowest BCUT2D eigenvalue weighted by Crippen LogP contribution is -2.14. The van der Waals surface area contributed by atoms with Crippen molar-refractivity contribution in [3.63, 3.8) is 0 Å². The molecule has 0 unspecified atom stereocenters. The van der Waals surface area contributed by atoms with Gasteiger partial charge in [0, 0.05) is 11.6 Å². The molecule has 0 aliphatic heterocycles. The van der Waals surface area contributed by atoms with E-state index in [9.17, 15) is 4.79 Å². The second kappa shape index (κ2) is 7.82. The van der Waals surface area contributed by atoms with E-state index in [1.165, 1.54) is 7.11 Å². The van der Waals surface area contributed by atoms with Gasteiger partial charge in [-0.25, -0.2) is 0 Å². The molecule has 0 radical (unpaired) electrons. The Kier molecular flexibility index (Phi) is 5.30. The summed E-state index contributed by atoms with van der Waals surface area (Å²) in [4.78, 5) is 12.8. The van der Waals surface area contributed by atoms with E-state index in [1.807, 2.05) is 31.2 Å². The van der Waals surface area contributed by atoms with E-state index in [-0.39, 0.29) is 5.91 Å². The molecule has 0 aliphatic carbocycles. The first-order valence-corrected chi connectivity index (χ1v) is 8.30. The molecule has 140 valence electrons. The van der Waals surface area contributed by atoms with Gasteiger partial charge in [-0.2, -0.15) is 5.10 Å². The lowest BCUT2D eigenvalue weighted by molar-refractivity contribution is 0.102. The number of aromatic nitrogens is 2. The van der Waals surface area contributed by atoms with Gasteiger partial charge in [0.05, 0.1) is 38.3 Å². The van der Waals surface area contributed by atoms with Crippen molar-refractivity contribution in [1.29, 1.82) is 0 Å². The molecule has 7 nitrogen and oxygen atoms in total. The molecule has 0 bridgehead atoms. The fourth-order valence-corrected chi connectivity index (χ4v) is 2.71. The SMILES string of the molecule is COc1ccc(-c2n[nH]c(C)c2NC(=O)c2ccc(OC)cc2OC)cc1. The number of amides is 1. The Hall–Kier alpha value is -3.48. The molecular weight excluding hydrogens is 346 g/mol. The van der Waals surface area contributed by atoms with Crippen LogP contribution in [0.4, 0.5) is 5.69 Å². The zero-order valence-corrected chi connectivity index (χ0v) is 15.6. The normalized spacial score (nSPS) is 10.4. The summed E-state index contributed by atoms with van der Waals surface area (Å²) < 4.78 is 15.7. The highest BCUT2D eigenvalue weighted by Crippen LogP contribution is 2.31. The standard InChI is InChI=1S/C20H21N3O4/c1-12-18(19(23-22-12)13-5-7-14(25-2)8-6-13)21-20(24)16-10-9-15(26-3)11-17(16)27-4/h5-11H,1-4H3,(H,21,24)(H,22,23). The summed E-state index contributed by atoms with van der Waals surface area (Å²) >= 11 is 0. The first-order valence-electron chi connectivity index (χ1n) is 8.30. The first kappa shape index (κ1) is 18.3. The summed E-state index contributed by atoms with van der Waals surface area (Å²) in [6.45, 7) is 1.85. The number of aromatic amines is 1. The zero-order chi connectivity index (χ0) is 19.4. The molecule has 0 spiro atoms. The van der Waals surface area contributed by atoms with Crippen molar-refractivity contribution >= 4 is 11.6 Å². The number of aryl methyl sites for hydroxylation is 1. The van der Waals surface area contributed by atoms with Gasteiger partial charge >= 0.3 is 0 Å². The Balaban J connectivity index is 1.92. The maximum atomic E-state index is 12.8. The lowest BCUT2D eigenvalue weighted by atomic mass is 10.1. The number of nitrogens with one attached hydrogen (secondary N) is 2. The second-order valence-corrected chi connectivity index (χ2v) is 5.82. The molecule has 0 atom stereocenters. The van der Waals surface area contributed by atoms with Gasteiger partial charge in [0.25, 0.3) is 5.91 Å². The molecule has 1 heterocycles. The number of hydrogen-bond acceptors (Lipinski definition) is 5. The van der Waals surface area contributed by atoms with E-state index in [1.54, 1.807) is 32.4 Å². The van der Waals surface area contributed by atoms with Gasteiger partial charge in [0.1, 0.15) is 22.9 Å². The van der Waals surface area contributed by atoms with E-state index < -0.39 is 0 Å². The number of methoxy groups -OCH3 is 3. The number of rotatable bonds is 6. The average molecular weight is 367 g/mol. The molecule has 0 fully saturated rings. The molecule has 27 heavy (non-hydrogen) atoms. The maximum absolute atomic E-state index is 12.8. The van der Waals surface area contributed by atoms with Crippen LogP contribution in [0.5, 0.6) is 17.2 Å². The Bertz CT molecular complexity index is 948. The average Bonchev–Trinajstić information content (AvgIpc) is 3.07. The van der Waals surface area contributed by atoms with Crippen LogP contribution in [0.15, 0.2) is 42.5 Å². The number of benzene rings is 2. The van der Waals surface area contributed by atoms with Crippen LogP contribution in [0.1, 0.15) is 16.1 Å². The maximum Gasteiger partial charge on any atom is 0.259 e. The molecular formula is C20H21N3O4. The van der Waals surface area contributed by atoms with Gasteiger partial charge < -0.3 is 19.5 Å². The smallest absolute Gasteiger partial charge is 0.259 e. The van der Waals surface area contributed by atoms with Crippen molar-refractivity contribution in [3.8, 4) is 28.5 Å². The largest absolute Gasteiger partial charge is 0.497 e. The number of carbonyl (C=O) groups excluding carboxylic acids is 1. The fraction of sp³-hybridized carbons (Fsp3) is 0.200. The van der Waals surface area contributed by atoms with Crippen LogP contribution >= 0.6 is 0 Å². The highest BCUT2D eigenvalue weighted by atomic mass is 16.5. The summed E-state index contributed by atoms with van der Waals surface area (Å²) in [6.07, 6.45) is 0. The monoisotopic (exact) mass is 367 g/mol. The number of anilines is 1. The Morgan fingerprint density at radius 2 is 1.63 bits per heavy atom. The van der Waals surface area contributed by atoms with Crippen molar-refractivity contribution in [2.45, 2.75) is 6.92 Å². The van der Waals surface area contributed by atoms with Crippen molar-refractivity contribution in [2.24, 2.45) is 0 Å². The Morgan fingerprint density at radius 1 is 0.963 bits per heavy atom. The molecule has 2 N–H and O–H groups in total. The van der Waals surface area contributed by atoms with Crippen molar-refractivity contribution in [1.82, 2.24) is 10.2 Å². The van der Waals surface area contributed by atoms with Crippen LogP contribution in [0.2, 0.25) is 0 Å². The first-order chi connectivity index (χ1) is 13.1. The Labute approximate surface area is 157 Å². The van der Waals surface area contributed by atoms with Gasteiger partial charge in [0.15, 0.2) is 0 Å². The van der Waals surface area contributed by atoms with E-state index in [4.69, 9.17) is 14.2 Å². The molecule has 7 heteroatoms. The minimum Gasteiger partial charge on any atom is -0.497 e. The third-order valence-corrected chi connectivity index (χ3v) is 4.20. The summed E-state index contributed by atoms with van der Waals surface area (Å²) in [6, 6.07) is 12.5. The summed E-state index contributed by atoms with van der Waals surface area (Å²) in [5.74, 6) is 1.49. The third kappa shape index (κ3) is 3.72. The number of carbonyl (C=O) groups is 1. The Morgan fingerprint density at radius 3 is 2.26 bits per heavy atom. The number of ether oxygens (including phenoxy) is 3. The fourth-order valence-electron chi connectivity index (χ4n) is 2.71. The molecule has 3 aromatic rings. The second-order valence-electron chi connectivity index (χ2n) is 5.82. The topological polar surface area (TPSA) is 85.5 Å². The molecule has 0 saturated carbocycles. The molecule has 1 amide bonds. The van der Waals surface area contributed by atoms with Crippen LogP contribution in [-0.4, -0.2) is 37.4 Å².